The lowest BCUT2D eigenvalue weighted by molar-refractivity contribution is 0.293. The maximum absolute atomic E-state index is 13.8. The van der Waals surface area contributed by atoms with Crippen molar-refractivity contribution in [2.24, 2.45) is 4.99 Å². The zero-order valence-corrected chi connectivity index (χ0v) is 18.3. The SMILES string of the molecule is CCCN(CC)CCNC(=NC)NC(C)c1ccc(OC)c(F)c1.I. The Kier molecular flexibility index (Phi) is 12.6. The summed E-state index contributed by atoms with van der Waals surface area (Å²) in [5.41, 5.74) is 0.845. The van der Waals surface area contributed by atoms with Crippen LogP contribution < -0.4 is 15.4 Å². The quantitative estimate of drug-likeness (QED) is 0.333. The van der Waals surface area contributed by atoms with Gasteiger partial charge in [-0.15, -0.1) is 24.0 Å². The Labute approximate surface area is 168 Å². The van der Waals surface area contributed by atoms with E-state index in [0.717, 1.165) is 38.2 Å². The normalized spacial score (nSPS) is 12.5. The summed E-state index contributed by atoms with van der Waals surface area (Å²) in [6, 6.07) is 4.93. The lowest BCUT2D eigenvalue weighted by Crippen LogP contribution is -2.42. The Morgan fingerprint density at radius 3 is 2.56 bits per heavy atom. The van der Waals surface area contributed by atoms with E-state index in [1.54, 1.807) is 13.1 Å². The minimum Gasteiger partial charge on any atom is -0.494 e. The fraction of sp³-hybridized carbons (Fsp3) is 0.611. The third-order valence-corrected chi connectivity index (χ3v) is 3.96. The molecule has 0 saturated heterocycles. The number of benzene rings is 1. The minimum absolute atomic E-state index is 0. The van der Waals surface area contributed by atoms with E-state index in [-0.39, 0.29) is 41.6 Å². The van der Waals surface area contributed by atoms with Gasteiger partial charge in [0.1, 0.15) is 0 Å². The second kappa shape index (κ2) is 13.2. The Balaban J connectivity index is 0.00000576. The van der Waals surface area contributed by atoms with E-state index in [1.807, 2.05) is 13.0 Å². The molecule has 0 radical (unpaired) electrons. The summed E-state index contributed by atoms with van der Waals surface area (Å²) < 4.78 is 18.8. The van der Waals surface area contributed by atoms with Gasteiger partial charge in [0.15, 0.2) is 17.5 Å². The van der Waals surface area contributed by atoms with Crippen LogP contribution in [0, 0.1) is 5.82 Å². The van der Waals surface area contributed by atoms with Crippen molar-refractivity contribution in [2.75, 3.05) is 40.3 Å². The van der Waals surface area contributed by atoms with E-state index < -0.39 is 0 Å². The molecule has 0 bridgehead atoms. The van der Waals surface area contributed by atoms with Crippen LogP contribution in [0.3, 0.4) is 0 Å². The summed E-state index contributed by atoms with van der Waals surface area (Å²) in [5.74, 6) is 0.611. The molecule has 0 amide bonds. The molecule has 1 rings (SSSR count). The van der Waals surface area contributed by atoms with Gasteiger partial charge in [-0.1, -0.05) is 19.9 Å². The largest absolute Gasteiger partial charge is 0.494 e. The first-order valence-corrected chi connectivity index (χ1v) is 8.58. The fourth-order valence-electron chi connectivity index (χ4n) is 2.51. The van der Waals surface area contributed by atoms with Crippen molar-refractivity contribution in [3.05, 3.63) is 29.6 Å². The number of nitrogens with one attached hydrogen (secondary N) is 2. The Bertz CT molecular complexity index is 528. The molecule has 2 N–H and O–H groups in total. The number of ether oxygens (including phenoxy) is 1. The van der Waals surface area contributed by atoms with Gasteiger partial charge in [0.2, 0.25) is 0 Å². The smallest absolute Gasteiger partial charge is 0.191 e. The third-order valence-electron chi connectivity index (χ3n) is 3.96. The molecule has 0 aliphatic heterocycles. The highest BCUT2D eigenvalue weighted by Crippen LogP contribution is 2.21. The predicted octanol–water partition coefficient (Wildman–Crippen LogP) is 3.41. The summed E-state index contributed by atoms with van der Waals surface area (Å²) in [5, 5.41) is 6.59. The van der Waals surface area contributed by atoms with Gasteiger partial charge in [0.05, 0.1) is 13.2 Å². The third kappa shape index (κ3) is 8.22. The first-order valence-electron chi connectivity index (χ1n) is 8.58. The van der Waals surface area contributed by atoms with E-state index in [1.165, 1.54) is 13.2 Å². The minimum atomic E-state index is -0.357. The number of nitrogens with zero attached hydrogens (tertiary/aromatic N) is 2. The molecule has 7 heteroatoms. The summed E-state index contributed by atoms with van der Waals surface area (Å²) in [4.78, 5) is 6.63. The summed E-state index contributed by atoms with van der Waals surface area (Å²) in [7, 11) is 3.20. The number of hydrogen-bond donors (Lipinski definition) is 2. The second-order valence-corrected chi connectivity index (χ2v) is 5.69. The molecule has 0 aliphatic rings. The van der Waals surface area contributed by atoms with Crippen LogP contribution in [0.4, 0.5) is 4.39 Å². The monoisotopic (exact) mass is 466 g/mol. The van der Waals surface area contributed by atoms with Crippen LogP contribution in [0.5, 0.6) is 5.75 Å². The second-order valence-electron chi connectivity index (χ2n) is 5.69. The molecule has 0 saturated carbocycles. The van der Waals surface area contributed by atoms with Gasteiger partial charge in [-0.2, -0.15) is 0 Å². The van der Waals surface area contributed by atoms with Crippen molar-refractivity contribution < 1.29 is 9.13 Å². The van der Waals surface area contributed by atoms with Crippen LogP contribution in [0.2, 0.25) is 0 Å². The topological polar surface area (TPSA) is 48.9 Å². The van der Waals surface area contributed by atoms with Gasteiger partial charge in [-0.25, -0.2) is 4.39 Å². The molecule has 0 aliphatic carbocycles. The number of guanidine groups is 1. The zero-order valence-electron chi connectivity index (χ0n) is 15.9. The first kappa shape index (κ1) is 23.9. The van der Waals surface area contributed by atoms with Crippen LogP contribution >= 0.6 is 24.0 Å². The molecule has 1 aromatic rings. The van der Waals surface area contributed by atoms with Gasteiger partial charge in [0, 0.05) is 20.1 Å². The molecule has 144 valence electrons. The molecule has 1 atom stereocenters. The molecule has 0 heterocycles. The molecule has 0 fully saturated rings. The van der Waals surface area contributed by atoms with Crippen LogP contribution in [-0.2, 0) is 0 Å². The molecule has 0 aromatic heterocycles. The van der Waals surface area contributed by atoms with Crippen LogP contribution in [0.15, 0.2) is 23.2 Å². The standard InChI is InChI=1S/C18H31FN4O.HI/c1-6-11-23(7-2)12-10-21-18(20-4)22-14(3)15-8-9-17(24-5)16(19)13-15;/h8-9,13-14H,6-7,10-12H2,1-5H3,(H2,20,21,22);1H. The molecule has 1 aromatic carbocycles. The Morgan fingerprint density at radius 1 is 1.32 bits per heavy atom. The average Bonchev–Trinajstić information content (AvgIpc) is 2.59. The average molecular weight is 466 g/mol. The molecule has 5 nitrogen and oxygen atoms in total. The van der Waals surface area contributed by atoms with Crippen molar-refractivity contribution in [1.29, 1.82) is 0 Å². The van der Waals surface area contributed by atoms with Gasteiger partial charge < -0.3 is 20.3 Å². The lowest BCUT2D eigenvalue weighted by atomic mass is 10.1. The molecular formula is C18H32FIN4O. The highest BCUT2D eigenvalue weighted by Gasteiger charge is 2.11. The predicted molar refractivity (Wildman–Crippen MR) is 114 cm³/mol. The summed E-state index contributed by atoms with van der Waals surface area (Å²) in [6.07, 6.45) is 1.15. The van der Waals surface area contributed by atoms with Crippen molar-refractivity contribution in [1.82, 2.24) is 15.5 Å². The van der Waals surface area contributed by atoms with Gasteiger partial charge >= 0.3 is 0 Å². The van der Waals surface area contributed by atoms with Crippen molar-refractivity contribution in [3.8, 4) is 5.75 Å². The Morgan fingerprint density at radius 2 is 2.04 bits per heavy atom. The number of halogens is 2. The van der Waals surface area contributed by atoms with E-state index in [0.29, 0.717) is 5.96 Å². The molecule has 25 heavy (non-hydrogen) atoms. The van der Waals surface area contributed by atoms with E-state index >= 15 is 0 Å². The lowest BCUT2D eigenvalue weighted by Gasteiger charge is -2.22. The van der Waals surface area contributed by atoms with Crippen molar-refractivity contribution in [3.63, 3.8) is 0 Å². The van der Waals surface area contributed by atoms with Crippen molar-refractivity contribution in [2.45, 2.75) is 33.2 Å². The molecule has 1 unspecified atom stereocenters. The number of rotatable bonds is 9. The summed E-state index contributed by atoms with van der Waals surface area (Å²) in [6.45, 7) is 10.3. The van der Waals surface area contributed by atoms with Crippen molar-refractivity contribution >= 4 is 29.9 Å². The molecule has 0 spiro atoms. The van der Waals surface area contributed by atoms with E-state index in [4.69, 9.17) is 4.74 Å². The van der Waals surface area contributed by atoms with E-state index in [2.05, 4.69) is 34.4 Å². The number of likely N-dealkylation sites (N-methyl/N-ethyl adjacent to an activating group) is 1. The Hall–Kier alpha value is -1.09. The van der Waals surface area contributed by atoms with Crippen LogP contribution in [-0.4, -0.2) is 51.2 Å². The van der Waals surface area contributed by atoms with Crippen LogP contribution in [0.1, 0.15) is 38.8 Å². The van der Waals surface area contributed by atoms with Crippen LogP contribution in [0.25, 0.3) is 0 Å². The maximum atomic E-state index is 13.8. The zero-order chi connectivity index (χ0) is 17.9. The summed E-state index contributed by atoms with van der Waals surface area (Å²) >= 11 is 0. The number of aliphatic imine (C=N–C) groups is 1. The number of hydrogen-bond acceptors (Lipinski definition) is 3. The van der Waals surface area contributed by atoms with Gasteiger partial charge in [-0.3, -0.25) is 4.99 Å². The molecular weight excluding hydrogens is 434 g/mol. The van der Waals surface area contributed by atoms with E-state index in [9.17, 15) is 4.39 Å². The maximum Gasteiger partial charge on any atom is 0.191 e. The number of methoxy groups -OCH3 is 1. The first-order chi connectivity index (χ1) is 11.5. The van der Waals surface area contributed by atoms with Gasteiger partial charge in [0.25, 0.3) is 0 Å². The van der Waals surface area contributed by atoms with Gasteiger partial charge in [-0.05, 0) is 44.1 Å². The highest BCUT2D eigenvalue weighted by atomic mass is 127. The highest BCUT2D eigenvalue weighted by molar-refractivity contribution is 14.0. The fourth-order valence-corrected chi connectivity index (χ4v) is 2.51.